The van der Waals surface area contributed by atoms with Gasteiger partial charge < -0.3 is 16.0 Å². The quantitative estimate of drug-likeness (QED) is 0.714. The fraction of sp³-hybridized carbons (Fsp3) is 0.250. The highest BCUT2D eigenvalue weighted by Gasteiger charge is 2.23. The summed E-state index contributed by atoms with van der Waals surface area (Å²) < 4.78 is 0. The smallest absolute Gasteiger partial charge is 0.251 e. The van der Waals surface area contributed by atoms with Gasteiger partial charge in [0.25, 0.3) is 5.91 Å². The molecule has 7 heteroatoms. The number of amides is 3. The lowest BCUT2D eigenvalue weighted by Gasteiger charge is -2.21. The van der Waals surface area contributed by atoms with Crippen molar-refractivity contribution in [2.45, 2.75) is 23.5 Å². The minimum absolute atomic E-state index is 0.0807. The van der Waals surface area contributed by atoms with E-state index in [9.17, 15) is 14.4 Å². The molecule has 0 aromatic heterocycles. The van der Waals surface area contributed by atoms with E-state index in [1.54, 1.807) is 12.1 Å². The zero-order chi connectivity index (χ0) is 19.2. The molecule has 2 aromatic rings. The monoisotopic (exact) mass is 383 g/mol. The summed E-state index contributed by atoms with van der Waals surface area (Å²) in [7, 11) is 0. The summed E-state index contributed by atoms with van der Waals surface area (Å²) in [5.74, 6) is -0.674. The normalized spacial score (nSPS) is 15.4. The molecule has 0 radical (unpaired) electrons. The van der Waals surface area contributed by atoms with Crippen LogP contribution < -0.4 is 16.0 Å². The maximum absolute atomic E-state index is 12.3. The highest BCUT2D eigenvalue weighted by molar-refractivity contribution is 8.00. The molecule has 1 aliphatic heterocycles. The number of carbonyl (C=O) groups excluding carboxylic acids is 3. The van der Waals surface area contributed by atoms with Crippen molar-refractivity contribution in [3.8, 4) is 0 Å². The molecule has 0 aliphatic carbocycles. The van der Waals surface area contributed by atoms with E-state index in [1.807, 2.05) is 43.3 Å². The van der Waals surface area contributed by atoms with E-state index in [0.29, 0.717) is 17.8 Å². The fourth-order valence-electron chi connectivity index (χ4n) is 2.67. The number of hydrogen-bond acceptors (Lipinski definition) is 4. The van der Waals surface area contributed by atoms with Gasteiger partial charge in [-0.05, 0) is 37.1 Å². The first kappa shape index (κ1) is 19.0. The minimum Gasteiger partial charge on any atom is -0.354 e. The summed E-state index contributed by atoms with van der Waals surface area (Å²) in [4.78, 5) is 36.9. The maximum atomic E-state index is 12.3. The molecule has 0 saturated heterocycles. The summed E-state index contributed by atoms with van der Waals surface area (Å²) >= 11 is 1.46. The third kappa shape index (κ3) is 5.10. The number of benzene rings is 2. The molecule has 0 unspecified atom stereocenters. The Labute approximate surface area is 162 Å². The van der Waals surface area contributed by atoms with Gasteiger partial charge in [0.05, 0.1) is 17.5 Å². The SMILES string of the molecule is C[C@@H]1Sc2ccc(C(=O)NCC(=O)NCCc3ccccc3)cc2NC1=O. The number of anilines is 1. The highest BCUT2D eigenvalue weighted by atomic mass is 32.2. The van der Waals surface area contributed by atoms with E-state index < -0.39 is 0 Å². The summed E-state index contributed by atoms with van der Waals surface area (Å²) in [6.07, 6.45) is 0.737. The third-order valence-corrected chi connectivity index (χ3v) is 5.34. The van der Waals surface area contributed by atoms with E-state index in [4.69, 9.17) is 0 Å². The lowest BCUT2D eigenvalue weighted by Crippen LogP contribution is -2.37. The molecule has 27 heavy (non-hydrogen) atoms. The van der Waals surface area contributed by atoms with Crippen molar-refractivity contribution in [2.75, 3.05) is 18.4 Å². The van der Waals surface area contributed by atoms with Crippen LogP contribution in [0.3, 0.4) is 0 Å². The lowest BCUT2D eigenvalue weighted by atomic mass is 10.1. The Morgan fingerprint density at radius 2 is 1.89 bits per heavy atom. The Balaban J connectivity index is 1.47. The van der Waals surface area contributed by atoms with Gasteiger partial charge in [-0.2, -0.15) is 0 Å². The highest BCUT2D eigenvalue weighted by Crippen LogP contribution is 2.35. The molecule has 0 saturated carbocycles. The number of nitrogens with one attached hydrogen (secondary N) is 3. The van der Waals surface area contributed by atoms with Crippen LogP contribution in [0, 0.1) is 0 Å². The Hall–Kier alpha value is -2.80. The van der Waals surface area contributed by atoms with E-state index in [2.05, 4.69) is 16.0 Å². The van der Waals surface area contributed by atoms with Gasteiger partial charge in [-0.3, -0.25) is 14.4 Å². The first-order chi connectivity index (χ1) is 13.0. The Morgan fingerprint density at radius 3 is 2.67 bits per heavy atom. The zero-order valence-electron chi connectivity index (χ0n) is 15.0. The van der Waals surface area contributed by atoms with Crippen molar-refractivity contribution < 1.29 is 14.4 Å². The third-order valence-electron chi connectivity index (χ3n) is 4.16. The summed E-state index contributed by atoms with van der Waals surface area (Å²) in [6, 6.07) is 15.0. The standard InChI is InChI=1S/C20H21N3O3S/c1-13-19(25)23-16-11-15(7-8-17(16)27-13)20(26)22-12-18(24)21-10-9-14-5-3-2-4-6-14/h2-8,11,13H,9-10,12H2,1H3,(H,21,24)(H,22,26)(H,23,25)/t13-/m0/s1. The number of hydrogen-bond donors (Lipinski definition) is 3. The second-order valence-electron chi connectivity index (χ2n) is 6.23. The van der Waals surface area contributed by atoms with Crippen LogP contribution in [0.5, 0.6) is 0 Å². The van der Waals surface area contributed by atoms with Crippen LogP contribution in [-0.4, -0.2) is 36.1 Å². The molecule has 3 amide bonds. The molecule has 1 heterocycles. The van der Waals surface area contributed by atoms with Crippen LogP contribution in [0.1, 0.15) is 22.8 Å². The van der Waals surface area contributed by atoms with Gasteiger partial charge in [-0.25, -0.2) is 0 Å². The van der Waals surface area contributed by atoms with E-state index >= 15 is 0 Å². The molecule has 0 spiro atoms. The Kier molecular flexibility index (Phi) is 6.13. The molecule has 0 bridgehead atoms. The van der Waals surface area contributed by atoms with Crippen LogP contribution >= 0.6 is 11.8 Å². The fourth-order valence-corrected chi connectivity index (χ4v) is 3.60. The predicted molar refractivity (Wildman–Crippen MR) is 106 cm³/mol. The van der Waals surface area contributed by atoms with Crippen LogP contribution in [-0.2, 0) is 16.0 Å². The molecule has 6 nitrogen and oxygen atoms in total. The molecule has 2 aromatic carbocycles. The Bertz CT molecular complexity index is 855. The maximum Gasteiger partial charge on any atom is 0.251 e. The van der Waals surface area contributed by atoms with Crippen LogP contribution in [0.15, 0.2) is 53.4 Å². The minimum atomic E-state index is -0.353. The van der Waals surface area contributed by atoms with Crippen molar-refractivity contribution in [1.29, 1.82) is 0 Å². The van der Waals surface area contributed by atoms with Crippen LogP contribution in [0.2, 0.25) is 0 Å². The number of rotatable bonds is 6. The summed E-state index contributed by atoms with van der Waals surface area (Å²) in [6.45, 7) is 2.25. The predicted octanol–water partition coefficient (Wildman–Crippen LogP) is 2.21. The molecule has 1 aliphatic rings. The van der Waals surface area contributed by atoms with Crippen molar-refractivity contribution >= 4 is 35.2 Å². The van der Waals surface area contributed by atoms with Gasteiger partial charge in [0.15, 0.2) is 0 Å². The number of carbonyl (C=O) groups is 3. The first-order valence-corrected chi connectivity index (χ1v) is 9.61. The molecule has 0 fully saturated rings. The van der Waals surface area contributed by atoms with Gasteiger partial charge in [-0.1, -0.05) is 30.3 Å². The molecule has 1 atom stereocenters. The summed E-state index contributed by atoms with van der Waals surface area (Å²) in [5, 5.41) is 8.03. The van der Waals surface area contributed by atoms with E-state index in [1.165, 1.54) is 11.8 Å². The Morgan fingerprint density at radius 1 is 1.11 bits per heavy atom. The van der Waals surface area contributed by atoms with Gasteiger partial charge in [0.2, 0.25) is 11.8 Å². The number of thioether (sulfide) groups is 1. The van der Waals surface area contributed by atoms with Crippen molar-refractivity contribution in [3.05, 3.63) is 59.7 Å². The molecule has 3 N–H and O–H groups in total. The number of fused-ring (bicyclic) bond motifs is 1. The van der Waals surface area contributed by atoms with Gasteiger partial charge in [0.1, 0.15) is 0 Å². The van der Waals surface area contributed by atoms with Gasteiger partial charge in [-0.15, -0.1) is 11.8 Å². The van der Waals surface area contributed by atoms with Crippen molar-refractivity contribution in [1.82, 2.24) is 10.6 Å². The van der Waals surface area contributed by atoms with Gasteiger partial charge >= 0.3 is 0 Å². The molecular weight excluding hydrogens is 362 g/mol. The summed E-state index contributed by atoms with van der Waals surface area (Å²) in [5.41, 5.74) is 2.18. The molecule has 3 rings (SSSR count). The second-order valence-corrected chi connectivity index (χ2v) is 7.61. The lowest BCUT2D eigenvalue weighted by molar-refractivity contribution is -0.120. The van der Waals surface area contributed by atoms with E-state index in [-0.39, 0.29) is 29.5 Å². The van der Waals surface area contributed by atoms with Crippen LogP contribution in [0.25, 0.3) is 0 Å². The second kappa shape index (κ2) is 8.73. The average Bonchev–Trinajstić information content (AvgIpc) is 2.67. The largest absolute Gasteiger partial charge is 0.354 e. The average molecular weight is 383 g/mol. The van der Waals surface area contributed by atoms with Crippen LogP contribution in [0.4, 0.5) is 5.69 Å². The van der Waals surface area contributed by atoms with E-state index in [0.717, 1.165) is 16.9 Å². The first-order valence-electron chi connectivity index (χ1n) is 8.73. The van der Waals surface area contributed by atoms with Crippen molar-refractivity contribution in [2.24, 2.45) is 0 Å². The van der Waals surface area contributed by atoms with Crippen molar-refractivity contribution in [3.63, 3.8) is 0 Å². The molecule has 140 valence electrons. The molecular formula is C20H21N3O3S. The zero-order valence-corrected chi connectivity index (χ0v) is 15.8. The topological polar surface area (TPSA) is 87.3 Å². The van der Waals surface area contributed by atoms with Gasteiger partial charge in [0, 0.05) is 17.0 Å².